The van der Waals surface area contributed by atoms with Crippen molar-refractivity contribution in [1.29, 1.82) is 0 Å². The molecule has 0 aliphatic rings. The summed E-state index contributed by atoms with van der Waals surface area (Å²) < 4.78 is 10.2. The Hall–Kier alpha value is -2.10. The van der Waals surface area contributed by atoms with Crippen LogP contribution in [0.4, 0.5) is 0 Å². The molecule has 1 rings (SSSR count). The molecule has 0 aliphatic carbocycles. The predicted octanol–water partition coefficient (Wildman–Crippen LogP) is 2.42. The first-order valence-electron chi connectivity index (χ1n) is 5.43. The summed E-state index contributed by atoms with van der Waals surface area (Å²) in [6.45, 7) is 4.96. The predicted molar refractivity (Wildman–Crippen MR) is 68.3 cm³/mol. The van der Waals surface area contributed by atoms with Gasteiger partial charge < -0.3 is 9.47 Å². The van der Waals surface area contributed by atoms with Gasteiger partial charge >= 0.3 is 0 Å². The van der Waals surface area contributed by atoms with Crippen LogP contribution < -0.4 is 9.47 Å². The number of ether oxygens (including phenoxy) is 2. The fourth-order valence-electron chi connectivity index (χ4n) is 1.43. The van der Waals surface area contributed by atoms with Crippen LogP contribution in [-0.2, 0) is 4.79 Å². The SMILES string of the molecule is C=C(CC(=O)c1ccc(OC)c(OC)c1)C(C)=O. The van der Waals surface area contributed by atoms with Gasteiger partial charge in [0.15, 0.2) is 23.1 Å². The van der Waals surface area contributed by atoms with Gasteiger partial charge in [-0.3, -0.25) is 9.59 Å². The van der Waals surface area contributed by atoms with Gasteiger partial charge in [0.1, 0.15) is 0 Å². The summed E-state index contributed by atoms with van der Waals surface area (Å²) in [6.07, 6.45) is 0.0187. The lowest BCUT2D eigenvalue weighted by Gasteiger charge is -2.09. The normalized spacial score (nSPS) is 9.72. The first-order valence-corrected chi connectivity index (χ1v) is 5.43. The van der Waals surface area contributed by atoms with E-state index in [1.807, 2.05) is 0 Å². The third-order valence-electron chi connectivity index (χ3n) is 2.58. The number of hydrogen-bond donors (Lipinski definition) is 0. The highest BCUT2D eigenvalue weighted by Crippen LogP contribution is 2.28. The molecule has 0 N–H and O–H groups in total. The molecule has 0 bridgehead atoms. The van der Waals surface area contributed by atoms with Crippen molar-refractivity contribution >= 4 is 11.6 Å². The maximum absolute atomic E-state index is 11.9. The molecule has 0 heterocycles. The van der Waals surface area contributed by atoms with Gasteiger partial charge in [0.05, 0.1) is 14.2 Å². The average molecular weight is 248 g/mol. The van der Waals surface area contributed by atoms with Crippen LogP contribution in [0.15, 0.2) is 30.4 Å². The van der Waals surface area contributed by atoms with Crippen LogP contribution in [0.25, 0.3) is 0 Å². The molecule has 0 fully saturated rings. The molecule has 0 saturated heterocycles. The molecule has 0 aliphatic heterocycles. The molecular weight excluding hydrogens is 232 g/mol. The summed E-state index contributed by atoms with van der Waals surface area (Å²) >= 11 is 0. The molecule has 96 valence electrons. The zero-order valence-electron chi connectivity index (χ0n) is 10.8. The average Bonchev–Trinajstić information content (AvgIpc) is 2.37. The van der Waals surface area contributed by atoms with E-state index in [1.54, 1.807) is 18.2 Å². The van der Waals surface area contributed by atoms with E-state index in [1.165, 1.54) is 21.1 Å². The number of hydrogen-bond acceptors (Lipinski definition) is 4. The number of allylic oxidation sites excluding steroid dienone is 1. The highest BCUT2D eigenvalue weighted by atomic mass is 16.5. The minimum absolute atomic E-state index is 0.0187. The van der Waals surface area contributed by atoms with E-state index in [9.17, 15) is 9.59 Å². The number of ketones is 2. The number of methoxy groups -OCH3 is 2. The molecule has 4 nitrogen and oxygen atoms in total. The van der Waals surface area contributed by atoms with Gasteiger partial charge in [-0.1, -0.05) is 6.58 Å². The van der Waals surface area contributed by atoms with E-state index >= 15 is 0 Å². The minimum atomic E-state index is -0.177. The van der Waals surface area contributed by atoms with Crippen molar-refractivity contribution in [2.75, 3.05) is 14.2 Å². The molecular formula is C14H16O4. The van der Waals surface area contributed by atoms with Gasteiger partial charge in [-0.25, -0.2) is 0 Å². The quantitative estimate of drug-likeness (QED) is 0.573. The van der Waals surface area contributed by atoms with Crippen LogP contribution in [0.3, 0.4) is 0 Å². The van der Waals surface area contributed by atoms with Gasteiger partial charge in [-0.05, 0) is 30.7 Å². The maximum atomic E-state index is 11.9. The van der Waals surface area contributed by atoms with Crippen LogP contribution in [0.5, 0.6) is 11.5 Å². The van der Waals surface area contributed by atoms with E-state index in [0.29, 0.717) is 22.6 Å². The molecule has 1 aromatic rings. The van der Waals surface area contributed by atoms with Crippen LogP contribution >= 0.6 is 0 Å². The van der Waals surface area contributed by atoms with Crippen molar-refractivity contribution in [3.05, 3.63) is 35.9 Å². The Bertz CT molecular complexity index is 489. The van der Waals surface area contributed by atoms with Gasteiger partial charge in [0, 0.05) is 12.0 Å². The van der Waals surface area contributed by atoms with Crippen molar-refractivity contribution in [3.8, 4) is 11.5 Å². The lowest BCUT2D eigenvalue weighted by molar-refractivity contribution is -0.113. The maximum Gasteiger partial charge on any atom is 0.167 e. The molecule has 0 radical (unpaired) electrons. The molecule has 0 amide bonds. The van der Waals surface area contributed by atoms with E-state index < -0.39 is 0 Å². The highest BCUT2D eigenvalue weighted by Gasteiger charge is 2.13. The van der Waals surface area contributed by atoms with Crippen LogP contribution in [0, 0.1) is 0 Å². The Morgan fingerprint density at radius 2 is 1.78 bits per heavy atom. The van der Waals surface area contributed by atoms with E-state index in [2.05, 4.69) is 6.58 Å². The number of carbonyl (C=O) groups excluding carboxylic acids is 2. The number of rotatable bonds is 6. The van der Waals surface area contributed by atoms with E-state index in [-0.39, 0.29) is 18.0 Å². The van der Waals surface area contributed by atoms with Crippen molar-refractivity contribution < 1.29 is 19.1 Å². The smallest absolute Gasteiger partial charge is 0.167 e. The third kappa shape index (κ3) is 3.20. The lowest BCUT2D eigenvalue weighted by Crippen LogP contribution is -2.05. The Balaban J connectivity index is 2.93. The fourth-order valence-corrected chi connectivity index (χ4v) is 1.43. The number of benzene rings is 1. The van der Waals surface area contributed by atoms with E-state index in [0.717, 1.165) is 0 Å². The number of Topliss-reactive ketones (excluding diaryl/α,β-unsaturated/α-hetero) is 2. The monoisotopic (exact) mass is 248 g/mol. The van der Waals surface area contributed by atoms with Crippen LogP contribution in [0.1, 0.15) is 23.7 Å². The molecule has 0 saturated carbocycles. The second-order valence-electron chi connectivity index (χ2n) is 3.83. The van der Waals surface area contributed by atoms with Crippen molar-refractivity contribution in [2.45, 2.75) is 13.3 Å². The topological polar surface area (TPSA) is 52.6 Å². The Kier molecular flexibility index (Phi) is 4.66. The first-order chi connectivity index (χ1) is 8.49. The zero-order chi connectivity index (χ0) is 13.7. The van der Waals surface area contributed by atoms with Gasteiger partial charge in [-0.2, -0.15) is 0 Å². The van der Waals surface area contributed by atoms with Gasteiger partial charge in [-0.15, -0.1) is 0 Å². The second-order valence-corrected chi connectivity index (χ2v) is 3.83. The number of carbonyl (C=O) groups is 2. The Labute approximate surface area is 106 Å². The fraction of sp³-hybridized carbons (Fsp3) is 0.286. The summed E-state index contributed by atoms with van der Waals surface area (Å²) in [4.78, 5) is 23.0. The molecule has 0 aromatic heterocycles. The van der Waals surface area contributed by atoms with Crippen molar-refractivity contribution in [2.24, 2.45) is 0 Å². The molecule has 1 aromatic carbocycles. The molecule has 0 unspecified atom stereocenters. The summed E-state index contributed by atoms with van der Waals surface area (Å²) in [7, 11) is 3.03. The first kappa shape index (κ1) is 14.0. The molecule has 4 heteroatoms. The summed E-state index contributed by atoms with van der Waals surface area (Å²) in [5, 5.41) is 0. The molecule has 0 atom stereocenters. The van der Waals surface area contributed by atoms with Crippen LogP contribution in [0.2, 0.25) is 0 Å². The van der Waals surface area contributed by atoms with Gasteiger partial charge in [0.2, 0.25) is 0 Å². The Morgan fingerprint density at radius 1 is 1.17 bits per heavy atom. The van der Waals surface area contributed by atoms with E-state index in [4.69, 9.17) is 9.47 Å². The highest BCUT2D eigenvalue weighted by molar-refractivity contribution is 6.04. The van der Waals surface area contributed by atoms with Crippen molar-refractivity contribution in [1.82, 2.24) is 0 Å². The standard InChI is InChI=1S/C14H16O4/c1-9(10(2)15)7-12(16)11-5-6-13(17-3)14(8-11)18-4/h5-6,8H,1,7H2,2-4H3. The third-order valence-corrected chi connectivity index (χ3v) is 2.58. The summed E-state index contributed by atoms with van der Waals surface area (Å²) in [5.74, 6) is 0.691. The molecule has 18 heavy (non-hydrogen) atoms. The van der Waals surface area contributed by atoms with Crippen molar-refractivity contribution in [3.63, 3.8) is 0 Å². The second kappa shape index (κ2) is 6.00. The summed E-state index contributed by atoms with van der Waals surface area (Å²) in [5.41, 5.74) is 0.768. The minimum Gasteiger partial charge on any atom is -0.493 e. The molecule has 0 spiro atoms. The lowest BCUT2D eigenvalue weighted by atomic mass is 10.0. The zero-order valence-corrected chi connectivity index (χ0v) is 10.8. The summed E-state index contributed by atoms with van der Waals surface area (Å²) in [6, 6.07) is 4.88. The largest absolute Gasteiger partial charge is 0.493 e. The Morgan fingerprint density at radius 3 is 2.28 bits per heavy atom. The van der Waals surface area contributed by atoms with Gasteiger partial charge in [0.25, 0.3) is 0 Å². The van der Waals surface area contributed by atoms with Crippen LogP contribution in [-0.4, -0.2) is 25.8 Å².